The molecule has 0 bridgehead atoms. The molecule has 0 saturated heterocycles. The van der Waals surface area contributed by atoms with Gasteiger partial charge < -0.3 is 4.98 Å². The molecule has 3 aromatic rings. The number of benzene rings is 1. The molecule has 3 rings (SSSR count). The summed E-state index contributed by atoms with van der Waals surface area (Å²) in [7, 11) is 0. The molecule has 1 aromatic carbocycles. The number of aryl methyl sites for hydroxylation is 1. The summed E-state index contributed by atoms with van der Waals surface area (Å²) >= 11 is 0.848. The first-order valence-corrected chi connectivity index (χ1v) is 8.08. The second-order valence-electron chi connectivity index (χ2n) is 5.52. The summed E-state index contributed by atoms with van der Waals surface area (Å²) in [6.07, 6.45) is -4.50. The normalized spacial score (nSPS) is 11.7. The largest absolute Gasteiger partial charge is 0.416 e. The molecule has 1 N–H and O–H groups in total. The van der Waals surface area contributed by atoms with Crippen molar-refractivity contribution in [1.29, 1.82) is 0 Å². The molecule has 2 heterocycles. The van der Waals surface area contributed by atoms with Gasteiger partial charge >= 0.3 is 12.1 Å². The monoisotopic (exact) mass is 381 g/mol. The van der Waals surface area contributed by atoms with Gasteiger partial charge in [-0.05, 0) is 24.1 Å². The molecule has 0 aliphatic carbocycles. The summed E-state index contributed by atoms with van der Waals surface area (Å²) in [5.41, 5.74) is -0.707. The van der Waals surface area contributed by atoms with Crippen molar-refractivity contribution in [2.75, 3.05) is 0 Å². The van der Waals surface area contributed by atoms with Gasteiger partial charge in [-0.2, -0.15) is 13.2 Å². The maximum atomic E-state index is 12.8. The summed E-state index contributed by atoms with van der Waals surface area (Å²) in [6.45, 7) is 1.50. The molecule has 2 aromatic heterocycles. The van der Waals surface area contributed by atoms with Crippen molar-refractivity contribution in [1.82, 2.24) is 9.97 Å². The average Bonchev–Trinajstić information content (AvgIpc) is 2.90. The molecule has 0 atom stereocenters. The van der Waals surface area contributed by atoms with Gasteiger partial charge in [-0.25, -0.2) is 4.98 Å². The Bertz CT molecular complexity index is 1090. The fourth-order valence-electron chi connectivity index (χ4n) is 2.57. The Morgan fingerprint density at radius 3 is 2.73 bits per heavy atom. The van der Waals surface area contributed by atoms with Crippen molar-refractivity contribution in [2.45, 2.75) is 19.5 Å². The molecular weight excluding hydrogens is 371 g/mol. The molecule has 0 aliphatic rings. The van der Waals surface area contributed by atoms with Crippen LogP contribution in [0.1, 0.15) is 32.2 Å². The van der Waals surface area contributed by atoms with Crippen molar-refractivity contribution in [3.05, 3.63) is 66.9 Å². The van der Waals surface area contributed by atoms with Gasteiger partial charge in [0.15, 0.2) is 0 Å². The number of amides is 1. The Kier molecular flexibility index (Phi) is 4.45. The highest BCUT2D eigenvalue weighted by atomic mass is 32.1. The zero-order valence-electron chi connectivity index (χ0n) is 13.2. The van der Waals surface area contributed by atoms with Crippen LogP contribution in [-0.4, -0.2) is 15.9 Å². The number of aromatic amines is 1. The van der Waals surface area contributed by atoms with E-state index in [0.717, 1.165) is 23.5 Å². The third-order valence-corrected chi connectivity index (χ3v) is 4.93. The Morgan fingerprint density at radius 1 is 1.35 bits per heavy atom. The summed E-state index contributed by atoms with van der Waals surface area (Å²) in [5.74, 6) is -0.842. The average molecular weight is 381 g/mol. The fraction of sp³-hybridized carbons (Fsp3) is 0.188. The summed E-state index contributed by atoms with van der Waals surface area (Å²) < 4.78 is 38.4. The minimum Gasteiger partial charge on any atom is -0.310 e. The van der Waals surface area contributed by atoms with Gasteiger partial charge in [0.1, 0.15) is 15.5 Å². The van der Waals surface area contributed by atoms with Crippen LogP contribution >= 0.6 is 11.3 Å². The molecule has 6 nitrogen and oxygen atoms in total. The van der Waals surface area contributed by atoms with E-state index in [1.165, 1.54) is 19.1 Å². The second-order valence-corrected chi connectivity index (χ2v) is 6.52. The van der Waals surface area contributed by atoms with E-state index in [0.29, 0.717) is 11.1 Å². The Morgan fingerprint density at radius 2 is 2.08 bits per heavy atom. The Hall–Kier alpha value is -2.88. The lowest BCUT2D eigenvalue weighted by Gasteiger charge is -2.08. The van der Waals surface area contributed by atoms with Gasteiger partial charge in [-0.15, -0.1) is 16.2 Å². The first kappa shape index (κ1) is 17.9. The first-order valence-electron chi connectivity index (χ1n) is 7.27. The van der Waals surface area contributed by atoms with Crippen molar-refractivity contribution >= 4 is 27.5 Å². The predicted octanol–water partition coefficient (Wildman–Crippen LogP) is 3.81. The number of alkyl halides is 3. The number of halogens is 3. The molecule has 10 heteroatoms. The number of carbonyl (C=O) groups excluding carboxylic acids is 1. The number of rotatable bonds is 3. The van der Waals surface area contributed by atoms with Gasteiger partial charge in [0.25, 0.3) is 5.56 Å². The van der Waals surface area contributed by atoms with Crippen LogP contribution in [0.3, 0.4) is 0 Å². The minimum atomic E-state index is -4.47. The van der Waals surface area contributed by atoms with Crippen LogP contribution in [0.4, 0.5) is 13.2 Å². The molecule has 0 radical (unpaired) electrons. The van der Waals surface area contributed by atoms with Crippen LogP contribution in [-0.2, 0) is 12.6 Å². The highest BCUT2D eigenvalue weighted by Gasteiger charge is 2.30. The van der Waals surface area contributed by atoms with Gasteiger partial charge in [0, 0.05) is 11.6 Å². The lowest BCUT2D eigenvalue weighted by Crippen LogP contribution is -2.12. The maximum Gasteiger partial charge on any atom is 0.416 e. The van der Waals surface area contributed by atoms with E-state index in [9.17, 15) is 27.7 Å². The molecule has 0 aliphatic heterocycles. The number of aromatic nitrogens is 2. The SMILES string of the molecule is Cc1c(C(=O)N=O)sc2nc(Cc3cccc(C(F)(F)F)c3)[nH]c(=O)c12. The summed E-state index contributed by atoms with van der Waals surface area (Å²) in [4.78, 5) is 41.2. The minimum absolute atomic E-state index is 0.0178. The van der Waals surface area contributed by atoms with Crippen LogP contribution in [0.2, 0.25) is 0 Å². The van der Waals surface area contributed by atoms with Crippen molar-refractivity contribution in [2.24, 2.45) is 5.18 Å². The predicted molar refractivity (Wildman–Crippen MR) is 89.4 cm³/mol. The number of thiophene rings is 1. The summed E-state index contributed by atoms with van der Waals surface area (Å²) in [6, 6.07) is 4.70. The second kappa shape index (κ2) is 6.45. The Labute approximate surface area is 147 Å². The van der Waals surface area contributed by atoms with Crippen LogP contribution in [0.5, 0.6) is 0 Å². The Balaban J connectivity index is 2.04. The fourth-order valence-corrected chi connectivity index (χ4v) is 3.65. The quantitative estimate of drug-likeness (QED) is 0.699. The third kappa shape index (κ3) is 3.27. The zero-order valence-corrected chi connectivity index (χ0v) is 14.0. The highest BCUT2D eigenvalue weighted by molar-refractivity contribution is 7.20. The summed E-state index contributed by atoms with van der Waals surface area (Å²) in [5, 5.41) is 2.50. The number of fused-ring (bicyclic) bond motifs is 1. The van der Waals surface area contributed by atoms with E-state index in [1.54, 1.807) is 0 Å². The van der Waals surface area contributed by atoms with E-state index in [1.807, 2.05) is 0 Å². The van der Waals surface area contributed by atoms with Gasteiger partial charge in [-0.1, -0.05) is 18.2 Å². The van der Waals surface area contributed by atoms with Gasteiger partial charge in [0.05, 0.1) is 10.9 Å². The lowest BCUT2D eigenvalue weighted by atomic mass is 10.1. The van der Waals surface area contributed by atoms with Gasteiger partial charge in [-0.3, -0.25) is 9.59 Å². The van der Waals surface area contributed by atoms with E-state index in [2.05, 4.69) is 15.1 Å². The number of hydrogen-bond donors (Lipinski definition) is 1. The van der Waals surface area contributed by atoms with Crippen molar-refractivity contribution in [3.8, 4) is 0 Å². The highest BCUT2D eigenvalue weighted by Crippen LogP contribution is 2.30. The molecule has 1 amide bonds. The molecule has 0 fully saturated rings. The first-order chi connectivity index (χ1) is 12.2. The standard InChI is InChI=1S/C16H10F3N3O3S/c1-7-11-13(23)20-10(21-15(11)26-12(7)14(24)22-25)6-8-3-2-4-9(5-8)16(17,18)19/h2-5H,6H2,1H3,(H,20,21,23). The third-order valence-electron chi connectivity index (χ3n) is 3.75. The molecule has 26 heavy (non-hydrogen) atoms. The maximum absolute atomic E-state index is 12.8. The number of nitroso groups, excluding NO2 is 1. The number of nitrogens with one attached hydrogen (secondary N) is 1. The molecular formula is C16H10F3N3O3S. The number of H-pyrrole nitrogens is 1. The lowest BCUT2D eigenvalue weighted by molar-refractivity contribution is -0.137. The smallest absolute Gasteiger partial charge is 0.310 e. The topological polar surface area (TPSA) is 92.2 Å². The molecule has 0 unspecified atom stereocenters. The molecule has 0 spiro atoms. The van der Waals surface area contributed by atoms with Crippen molar-refractivity contribution in [3.63, 3.8) is 0 Å². The van der Waals surface area contributed by atoms with Crippen LogP contribution in [0.15, 0.2) is 34.2 Å². The molecule has 0 saturated carbocycles. The van der Waals surface area contributed by atoms with E-state index in [-0.39, 0.29) is 27.3 Å². The molecule has 134 valence electrons. The number of nitrogens with zero attached hydrogens (tertiary/aromatic N) is 2. The van der Waals surface area contributed by atoms with Gasteiger partial charge in [0.2, 0.25) is 0 Å². The van der Waals surface area contributed by atoms with E-state index < -0.39 is 23.2 Å². The van der Waals surface area contributed by atoms with Crippen LogP contribution in [0.25, 0.3) is 10.2 Å². The van der Waals surface area contributed by atoms with E-state index >= 15 is 0 Å². The number of carbonyl (C=O) groups is 1. The zero-order chi connectivity index (χ0) is 19.1. The van der Waals surface area contributed by atoms with Crippen LogP contribution < -0.4 is 5.56 Å². The van der Waals surface area contributed by atoms with Crippen molar-refractivity contribution < 1.29 is 18.0 Å². The number of hydrogen-bond acceptors (Lipinski definition) is 5. The van der Waals surface area contributed by atoms with Crippen LogP contribution in [0, 0.1) is 11.8 Å². The van der Waals surface area contributed by atoms with E-state index in [4.69, 9.17) is 0 Å².